The van der Waals surface area contributed by atoms with Gasteiger partial charge < -0.3 is 19.7 Å². The molecule has 25 heavy (non-hydrogen) atoms. The molecule has 1 saturated heterocycles. The van der Waals surface area contributed by atoms with Crippen molar-refractivity contribution in [2.75, 3.05) is 13.1 Å². The maximum absolute atomic E-state index is 12.3. The number of ether oxygens (including phenoxy) is 2. The highest BCUT2D eigenvalue weighted by Gasteiger charge is 2.35. The maximum atomic E-state index is 12.3. The fourth-order valence-electron chi connectivity index (χ4n) is 2.42. The minimum absolute atomic E-state index is 0.127. The summed E-state index contributed by atoms with van der Waals surface area (Å²) in [5, 5.41) is 2.54. The van der Waals surface area contributed by atoms with E-state index in [1.807, 2.05) is 30.3 Å². The van der Waals surface area contributed by atoms with Crippen LogP contribution in [0.25, 0.3) is 0 Å². The van der Waals surface area contributed by atoms with E-state index < -0.39 is 23.7 Å². The Kier molecular flexibility index (Phi) is 6.01. The molecule has 0 aliphatic carbocycles. The van der Waals surface area contributed by atoms with Crippen molar-refractivity contribution in [1.29, 1.82) is 0 Å². The second-order valence-corrected chi connectivity index (χ2v) is 6.89. The minimum Gasteiger partial charge on any atom is -0.459 e. The standard InChI is InChI=1S/C18H24N2O5/c1-18(2,3)25-17(23)19-14-9-10-20(16(14)22)11-15(21)24-12-13-7-5-4-6-8-13/h4-8,14H,9-12H2,1-3H3,(H,19,23)/t14-/m0/s1. The van der Waals surface area contributed by atoms with Crippen LogP contribution in [0.4, 0.5) is 4.79 Å². The van der Waals surface area contributed by atoms with Crippen molar-refractivity contribution in [3.05, 3.63) is 35.9 Å². The van der Waals surface area contributed by atoms with E-state index in [2.05, 4.69) is 5.32 Å². The first kappa shape index (κ1) is 18.8. The third-order valence-corrected chi connectivity index (χ3v) is 3.55. The van der Waals surface area contributed by atoms with Crippen LogP contribution in [0.3, 0.4) is 0 Å². The number of carbonyl (C=O) groups excluding carboxylic acids is 3. The zero-order valence-electron chi connectivity index (χ0n) is 14.8. The Balaban J connectivity index is 1.77. The van der Waals surface area contributed by atoms with Gasteiger partial charge in [0.25, 0.3) is 0 Å². The zero-order chi connectivity index (χ0) is 18.4. The lowest BCUT2D eigenvalue weighted by molar-refractivity contribution is -0.149. The first-order chi connectivity index (χ1) is 11.7. The molecule has 1 aliphatic heterocycles. The van der Waals surface area contributed by atoms with Crippen LogP contribution in [0.15, 0.2) is 30.3 Å². The predicted octanol–water partition coefficient (Wildman–Crippen LogP) is 1.86. The number of rotatable bonds is 5. The SMILES string of the molecule is CC(C)(C)OC(=O)N[C@H]1CCN(CC(=O)OCc2ccccc2)C1=O. The van der Waals surface area contributed by atoms with Crippen LogP contribution in [0.1, 0.15) is 32.8 Å². The highest BCUT2D eigenvalue weighted by molar-refractivity contribution is 5.90. The summed E-state index contributed by atoms with van der Waals surface area (Å²) in [6.07, 6.45) is -0.205. The average Bonchev–Trinajstić information content (AvgIpc) is 2.85. The van der Waals surface area contributed by atoms with E-state index >= 15 is 0 Å². The van der Waals surface area contributed by atoms with Crippen molar-refractivity contribution >= 4 is 18.0 Å². The van der Waals surface area contributed by atoms with Gasteiger partial charge in [0.2, 0.25) is 5.91 Å². The molecule has 0 saturated carbocycles. The van der Waals surface area contributed by atoms with Gasteiger partial charge in [-0.05, 0) is 32.8 Å². The number of hydrogen-bond acceptors (Lipinski definition) is 5. The number of alkyl carbamates (subject to hydrolysis) is 1. The van der Waals surface area contributed by atoms with E-state index in [4.69, 9.17) is 9.47 Å². The molecule has 1 aliphatic rings. The van der Waals surface area contributed by atoms with Crippen LogP contribution in [0, 0.1) is 0 Å². The van der Waals surface area contributed by atoms with Gasteiger partial charge >= 0.3 is 12.1 Å². The molecule has 1 fully saturated rings. The van der Waals surface area contributed by atoms with Gasteiger partial charge in [0.05, 0.1) is 0 Å². The Morgan fingerprint density at radius 2 is 1.92 bits per heavy atom. The summed E-state index contributed by atoms with van der Waals surface area (Å²) in [7, 11) is 0. The van der Waals surface area contributed by atoms with Crippen LogP contribution < -0.4 is 5.32 Å². The van der Waals surface area contributed by atoms with Crippen LogP contribution in [-0.2, 0) is 25.7 Å². The molecule has 1 N–H and O–H groups in total. The fraction of sp³-hybridized carbons (Fsp3) is 0.500. The van der Waals surface area contributed by atoms with Crippen LogP contribution in [0.5, 0.6) is 0 Å². The third-order valence-electron chi connectivity index (χ3n) is 3.55. The number of esters is 1. The molecule has 0 bridgehead atoms. The fourth-order valence-corrected chi connectivity index (χ4v) is 2.42. The second kappa shape index (κ2) is 8.00. The van der Waals surface area contributed by atoms with E-state index in [1.54, 1.807) is 20.8 Å². The third kappa shape index (κ3) is 6.10. The number of likely N-dealkylation sites (tertiary alicyclic amines) is 1. The first-order valence-corrected chi connectivity index (χ1v) is 8.22. The molecular formula is C18H24N2O5. The monoisotopic (exact) mass is 348 g/mol. The molecule has 0 radical (unpaired) electrons. The Morgan fingerprint density at radius 3 is 2.56 bits per heavy atom. The van der Waals surface area contributed by atoms with Crippen molar-refractivity contribution in [3.8, 4) is 0 Å². The highest BCUT2D eigenvalue weighted by Crippen LogP contribution is 2.13. The molecular weight excluding hydrogens is 324 g/mol. The first-order valence-electron chi connectivity index (χ1n) is 8.22. The maximum Gasteiger partial charge on any atom is 0.408 e. The minimum atomic E-state index is -0.670. The molecule has 2 rings (SSSR count). The van der Waals surface area contributed by atoms with Gasteiger partial charge in [-0.3, -0.25) is 9.59 Å². The quantitative estimate of drug-likeness (QED) is 0.821. The lowest BCUT2D eigenvalue weighted by Gasteiger charge is -2.21. The largest absolute Gasteiger partial charge is 0.459 e. The molecule has 1 atom stereocenters. The van der Waals surface area contributed by atoms with Gasteiger partial charge in [-0.15, -0.1) is 0 Å². The molecule has 1 aromatic rings. The highest BCUT2D eigenvalue weighted by atomic mass is 16.6. The number of nitrogens with zero attached hydrogens (tertiary/aromatic N) is 1. The van der Waals surface area contributed by atoms with Crippen LogP contribution >= 0.6 is 0 Å². The van der Waals surface area contributed by atoms with E-state index in [0.717, 1.165) is 5.56 Å². The lowest BCUT2D eigenvalue weighted by Crippen LogP contribution is -2.44. The summed E-state index contributed by atoms with van der Waals surface area (Å²) in [5.41, 5.74) is 0.250. The van der Waals surface area contributed by atoms with E-state index in [-0.39, 0.29) is 19.1 Å². The number of carbonyl (C=O) groups is 3. The van der Waals surface area contributed by atoms with Crippen molar-refractivity contribution in [1.82, 2.24) is 10.2 Å². The van der Waals surface area contributed by atoms with Crippen molar-refractivity contribution in [2.45, 2.75) is 45.4 Å². The number of benzene rings is 1. The van der Waals surface area contributed by atoms with Gasteiger partial charge in [-0.1, -0.05) is 30.3 Å². The molecule has 1 heterocycles. The Morgan fingerprint density at radius 1 is 1.24 bits per heavy atom. The van der Waals surface area contributed by atoms with Gasteiger partial charge in [-0.2, -0.15) is 0 Å². The van der Waals surface area contributed by atoms with Gasteiger partial charge in [0.1, 0.15) is 24.8 Å². The Bertz CT molecular complexity index is 624. The predicted molar refractivity (Wildman–Crippen MR) is 90.6 cm³/mol. The Hall–Kier alpha value is -2.57. The summed E-state index contributed by atoms with van der Waals surface area (Å²) in [6.45, 7) is 5.67. The zero-order valence-corrected chi connectivity index (χ0v) is 14.8. The molecule has 0 unspecified atom stereocenters. The Labute approximate surface area is 147 Å². The summed E-state index contributed by atoms with van der Waals surface area (Å²) in [6, 6.07) is 8.65. The summed E-state index contributed by atoms with van der Waals surface area (Å²) < 4.78 is 10.3. The van der Waals surface area contributed by atoms with Gasteiger partial charge in [-0.25, -0.2) is 4.79 Å². The molecule has 1 aromatic carbocycles. The average molecular weight is 348 g/mol. The lowest BCUT2D eigenvalue weighted by atomic mass is 10.2. The van der Waals surface area contributed by atoms with Crippen molar-refractivity contribution in [2.24, 2.45) is 0 Å². The number of amides is 2. The van der Waals surface area contributed by atoms with Gasteiger partial charge in [0.15, 0.2) is 0 Å². The number of nitrogens with one attached hydrogen (secondary N) is 1. The molecule has 7 nitrogen and oxygen atoms in total. The number of hydrogen-bond donors (Lipinski definition) is 1. The molecule has 7 heteroatoms. The van der Waals surface area contributed by atoms with E-state index in [9.17, 15) is 14.4 Å². The van der Waals surface area contributed by atoms with Crippen LogP contribution in [-0.4, -0.2) is 47.6 Å². The van der Waals surface area contributed by atoms with E-state index in [1.165, 1.54) is 4.90 Å². The summed E-state index contributed by atoms with van der Waals surface area (Å²) in [4.78, 5) is 37.3. The molecule has 0 spiro atoms. The molecule has 136 valence electrons. The van der Waals surface area contributed by atoms with Crippen LogP contribution in [0.2, 0.25) is 0 Å². The normalized spacial score (nSPS) is 17.3. The summed E-state index contributed by atoms with van der Waals surface area (Å²) in [5.74, 6) is -0.780. The van der Waals surface area contributed by atoms with Crippen molar-refractivity contribution in [3.63, 3.8) is 0 Å². The second-order valence-electron chi connectivity index (χ2n) is 6.89. The summed E-state index contributed by atoms with van der Waals surface area (Å²) >= 11 is 0. The van der Waals surface area contributed by atoms with Gasteiger partial charge in [0, 0.05) is 6.54 Å². The van der Waals surface area contributed by atoms with E-state index in [0.29, 0.717) is 13.0 Å². The smallest absolute Gasteiger partial charge is 0.408 e. The molecule has 2 amide bonds. The molecule has 0 aromatic heterocycles. The van der Waals surface area contributed by atoms with Crippen molar-refractivity contribution < 1.29 is 23.9 Å². The topological polar surface area (TPSA) is 84.9 Å².